The van der Waals surface area contributed by atoms with Gasteiger partial charge in [-0.15, -0.1) is 12.4 Å². The van der Waals surface area contributed by atoms with Crippen LogP contribution in [0.1, 0.15) is 13.8 Å². The molecule has 0 aromatic carbocycles. The van der Waals surface area contributed by atoms with Crippen LogP contribution in [0, 0.1) is 0 Å². The molecule has 2 unspecified atom stereocenters. The molecule has 0 saturated heterocycles. The molecule has 0 spiro atoms. The summed E-state index contributed by atoms with van der Waals surface area (Å²) in [6, 6.07) is 0. The Bertz CT molecular complexity index is 30.7. The van der Waals surface area contributed by atoms with Crippen molar-refractivity contribution in [3.05, 3.63) is 0 Å². The molecule has 0 bridgehead atoms. The average molecular weight is 127 g/mol. The number of aliphatic hydroxyl groups is 2. The Morgan fingerprint density at radius 2 is 1.14 bits per heavy atom. The Morgan fingerprint density at radius 1 is 1.00 bits per heavy atom. The maximum atomic E-state index is 8.38. The van der Waals surface area contributed by atoms with Gasteiger partial charge in [-0.1, -0.05) is 0 Å². The van der Waals surface area contributed by atoms with Crippen LogP contribution in [0.3, 0.4) is 0 Å². The summed E-state index contributed by atoms with van der Waals surface area (Å²) in [6.45, 7) is 3.09. The highest BCUT2D eigenvalue weighted by Gasteiger charge is 1.99. The van der Waals surface area contributed by atoms with E-state index < -0.39 is 12.2 Å². The molecule has 3 heteroatoms. The molecule has 0 rings (SSSR count). The van der Waals surface area contributed by atoms with Crippen LogP contribution in [-0.2, 0) is 0 Å². The van der Waals surface area contributed by atoms with Gasteiger partial charge in [-0.25, -0.2) is 0 Å². The van der Waals surface area contributed by atoms with Gasteiger partial charge in [-0.05, 0) is 13.8 Å². The fraction of sp³-hybridized carbons (Fsp3) is 1.00. The number of aliphatic hydroxyl groups excluding tert-OH is 2. The van der Waals surface area contributed by atoms with Crippen LogP contribution in [-0.4, -0.2) is 22.4 Å². The van der Waals surface area contributed by atoms with Crippen LogP contribution in [0.4, 0.5) is 0 Å². The zero-order chi connectivity index (χ0) is 5.15. The topological polar surface area (TPSA) is 40.5 Å². The second-order valence-electron chi connectivity index (χ2n) is 1.48. The summed E-state index contributed by atoms with van der Waals surface area (Å²) in [7, 11) is 0. The summed E-state index contributed by atoms with van der Waals surface area (Å²) in [5, 5.41) is 16.8. The van der Waals surface area contributed by atoms with E-state index in [2.05, 4.69) is 0 Å². The first-order valence-corrected chi connectivity index (χ1v) is 2.00. The molecule has 7 heavy (non-hydrogen) atoms. The summed E-state index contributed by atoms with van der Waals surface area (Å²) in [6.07, 6.45) is -1.19. The third-order valence-corrected chi connectivity index (χ3v) is 0.698. The van der Waals surface area contributed by atoms with E-state index in [-0.39, 0.29) is 12.4 Å². The SMILES string of the molecule is CC(O)C(C)O.Cl. The van der Waals surface area contributed by atoms with Crippen LogP contribution in [0.25, 0.3) is 0 Å². The summed E-state index contributed by atoms with van der Waals surface area (Å²) in [5.41, 5.74) is 0. The van der Waals surface area contributed by atoms with Gasteiger partial charge in [-0.3, -0.25) is 0 Å². The Balaban J connectivity index is 0. The minimum absolute atomic E-state index is 0. The molecule has 0 heterocycles. The lowest BCUT2D eigenvalue weighted by molar-refractivity contribution is 0.0438. The maximum absolute atomic E-state index is 8.38. The summed E-state index contributed by atoms with van der Waals surface area (Å²) < 4.78 is 0. The third kappa shape index (κ3) is 6.21. The van der Waals surface area contributed by atoms with Crippen LogP contribution >= 0.6 is 12.4 Å². The summed E-state index contributed by atoms with van der Waals surface area (Å²) in [4.78, 5) is 0. The Hall–Kier alpha value is 0.210. The van der Waals surface area contributed by atoms with Crippen LogP contribution in [0.15, 0.2) is 0 Å². The fourth-order valence-electron chi connectivity index (χ4n) is 0. The smallest absolute Gasteiger partial charge is 0.0768 e. The molecule has 0 aromatic rings. The minimum Gasteiger partial charge on any atom is -0.391 e. The Labute approximate surface area is 49.6 Å². The molecule has 0 aliphatic heterocycles. The number of hydrogen-bond donors (Lipinski definition) is 2. The van der Waals surface area contributed by atoms with Gasteiger partial charge in [0, 0.05) is 0 Å². The van der Waals surface area contributed by atoms with Crippen molar-refractivity contribution in [2.75, 3.05) is 0 Å². The van der Waals surface area contributed by atoms with E-state index >= 15 is 0 Å². The highest BCUT2D eigenvalue weighted by Crippen LogP contribution is 1.85. The molecule has 2 N–H and O–H groups in total. The van der Waals surface area contributed by atoms with E-state index in [4.69, 9.17) is 10.2 Å². The van der Waals surface area contributed by atoms with Crippen molar-refractivity contribution in [3.63, 3.8) is 0 Å². The predicted molar refractivity (Wildman–Crippen MR) is 30.6 cm³/mol. The molecule has 2 atom stereocenters. The molecule has 0 fully saturated rings. The highest BCUT2D eigenvalue weighted by atomic mass is 35.5. The molecule has 0 aliphatic rings. The molecule has 0 saturated carbocycles. The van der Waals surface area contributed by atoms with E-state index in [1.54, 1.807) is 13.8 Å². The van der Waals surface area contributed by atoms with Gasteiger partial charge < -0.3 is 10.2 Å². The third-order valence-electron chi connectivity index (χ3n) is 0.698. The largest absolute Gasteiger partial charge is 0.391 e. The lowest BCUT2D eigenvalue weighted by atomic mass is 10.3. The van der Waals surface area contributed by atoms with Crippen molar-refractivity contribution >= 4 is 12.4 Å². The molecule has 2 nitrogen and oxygen atoms in total. The van der Waals surface area contributed by atoms with Crippen molar-refractivity contribution in [1.29, 1.82) is 0 Å². The molecule has 0 aromatic heterocycles. The van der Waals surface area contributed by atoms with Crippen molar-refractivity contribution in [3.8, 4) is 0 Å². The lowest BCUT2D eigenvalue weighted by Crippen LogP contribution is -2.17. The van der Waals surface area contributed by atoms with E-state index in [0.29, 0.717) is 0 Å². The quantitative estimate of drug-likeness (QED) is 0.526. The molecule has 0 amide bonds. The van der Waals surface area contributed by atoms with Gasteiger partial charge in [-0.2, -0.15) is 0 Å². The average Bonchev–Trinajstić information content (AvgIpc) is 1.36. The zero-order valence-electron chi connectivity index (χ0n) is 4.46. The van der Waals surface area contributed by atoms with E-state index in [1.807, 2.05) is 0 Å². The first-order valence-electron chi connectivity index (χ1n) is 2.00. The Kier molecular flexibility index (Phi) is 6.40. The fourth-order valence-corrected chi connectivity index (χ4v) is 0. The minimum atomic E-state index is -0.593. The zero-order valence-corrected chi connectivity index (χ0v) is 5.27. The van der Waals surface area contributed by atoms with Gasteiger partial charge in [0.05, 0.1) is 12.2 Å². The van der Waals surface area contributed by atoms with Gasteiger partial charge in [0.1, 0.15) is 0 Å². The second-order valence-corrected chi connectivity index (χ2v) is 1.48. The number of hydrogen-bond acceptors (Lipinski definition) is 2. The van der Waals surface area contributed by atoms with Crippen molar-refractivity contribution in [2.24, 2.45) is 0 Å². The lowest BCUT2D eigenvalue weighted by Gasteiger charge is -2.03. The van der Waals surface area contributed by atoms with Gasteiger partial charge >= 0.3 is 0 Å². The number of halogens is 1. The predicted octanol–water partition coefficient (Wildman–Crippen LogP) is 0.170. The molecule has 0 radical (unpaired) electrons. The van der Waals surface area contributed by atoms with Crippen LogP contribution in [0.2, 0.25) is 0 Å². The normalized spacial score (nSPS) is 17.1. The summed E-state index contributed by atoms with van der Waals surface area (Å²) in [5.74, 6) is 0. The number of rotatable bonds is 1. The van der Waals surface area contributed by atoms with Crippen molar-refractivity contribution in [2.45, 2.75) is 26.1 Å². The van der Waals surface area contributed by atoms with Crippen LogP contribution in [0.5, 0.6) is 0 Å². The summed E-state index contributed by atoms with van der Waals surface area (Å²) >= 11 is 0. The van der Waals surface area contributed by atoms with Gasteiger partial charge in [0.25, 0.3) is 0 Å². The van der Waals surface area contributed by atoms with Crippen molar-refractivity contribution < 1.29 is 10.2 Å². The van der Waals surface area contributed by atoms with E-state index in [1.165, 1.54) is 0 Å². The monoisotopic (exact) mass is 126 g/mol. The molecular formula is C4H11ClO2. The first kappa shape index (κ1) is 10.2. The first-order chi connectivity index (χ1) is 2.64. The molecule has 46 valence electrons. The van der Waals surface area contributed by atoms with Crippen LogP contribution < -0.4 is 0 Å². The van der Waals surface area contributed by atoms with Crippen molar-refractivity contribution in [1.82, 2.24) is 0 Å². The van der Waals surface area contributed by atoms with E-state index in [0.717, 1.165) is 0 Å². The van der Waals surface area contributed by atoms with Gasteiger partial charge in [0.15, 0.2) is 0 Å². The van der Waals surface area contributed by atoms with E-state index in [9.17, 15) is 0 Å². The standard InChI is InChI=1S/C4H10O2.ClH/c1-3(5)4(2)6;/h3-6H,1-2H3;1H. The molecular weight excluding hydrogens is 115 g/mol. The van der Waals surface area contributed by atoms with Gasteiger partial charge in [0.2, 0.25) is 0 Å². The highest BCUT2D eigenvalue weighted by molar-refractivity contribution is 5.85. The maximum Gasteiger partial charge on any atom is 0.0768 e. The Morgan fingerprint density at radius 3 is 1.14 bits per heavy atom. The molecule has 0 aliphatic carbocycles. The second kappa shape index (κ2) is 4.37.